The summed E-state index contributed by atoms with van der Waals surface area (Å²) in [6, 6.07) is 7.61. The fourth-order valence-corrected chi connectivity index (χ4v) is 2.79. The molecule has 0 unspecified atom stereocenters. The molecule has 0 bridgehead atoms. The molecule has 1 saturated carbocycles. The molecule has 0 spiro atoms. The molecule has 1 aliphatic carbocycles. The number of nitrogens with two attached hydrogens (primary N) is 1. The van der Waals surface area contributed by atoms with Crippen LogP contribution in [-0.2, 0) is 7.05 Å². The summed E-state index contributed by atoms with van der Waals surface area (Å²) >= 11 is 6.31. The number of hydrogen-bond acceptors (Lipinski definition) is 3. The fraction of sp³-hybridized carbons (Fsp3) is 0.400. The van der Waals surface area contributed by atoms with E-state index in [0.717, 1.165) is 29.8 Å². The second-order valence-corrected chi connectivity index (χ2v) is 5.65. The predicted molar refractivity (Wildman–Crippen MR) is 81.0 cm³/mol. The van der Waals surface area contributed by atoms with Gasteiger partial charge in [-0.15, -0.1) is 0 Å². The van der Waals surface area contributed by atoms with Crippen LogP contribution < -0.4 is 10.5 Å². The monoisotopic (exact) mass is 291 g/mol. The zero-order valence-corrected chi connectivity index (χ0v) is 12.2. The Kier molecular flexibility index (Phi) is 3.57. The molecule has 0 aliphatic heterocycles. The number of hydrogen-bond donors (Lipinski definition) is 1. The van der Waals surface area contributed by atoms with Crippen molar-refractivity contribution in [1.82, 2.24) is 9.78 Å². The maximum Gasteiger partial charge on any atom is 0.138 e. The van der Waals surface area contributed by atoms with Crippen molar-refractivity contribution in [2.75, 3.05) is 5.73 Å². The molecule has 1 aliphatic rings. The average Bonchev–Trinajstić information content (AvgIpc) is 3.03. The van der Waals surface area contributed by atoms with Crippen LogP contribution in [0.1, 0.15) is 25.7 Å². The average molecular weight is 292 g/mol. The van der Waals surface area contributed by atoms with Gasteiger partial charge in [0.05, 0.1) is 16.8 Å². The highest BCUT2D eigenvalue weighted by Gasteiger charge is 2.18. The zero-order chi connectivity index (χ0) is 14.1. The van der Waals surface area contributed by atoms with Gasteiger partial charge in [-0.1, -0.05) is 11.6 Å². The lowest BCUT2D eigenvalue weighted by Crippen LogP contribution is -2.11. The molecule has 4 nitrogen and oxygen atoms in total. The van der Waals surface area contributed by atoms with Crippen molar-refractivity contribution in [3.05, 3.63) is 29.3 Å². The lowest BCUT2D eigenvalue weighted by Gasteiger charge is -2.14. The Morgan fingerprint density at radius 1 is 1.30 bits per heavy atom. The van der Waals surface area contributed by atoms with E-state index >= 15 is 0 Å². The van der Waals surface area contributed by atoms with E-state index < -0.39 is 0 Å². The molecule has 0 amide bonds. The zero-order valence-electron chi connectivity index (χ0n) is 11.5. The minimum atomic E-state index is 0.309. The predicted octanol–water partition coefficient (Wildman–Crippen LogP) is 3.64. The van der Waals surface area contributed by atoms with Crippen molar-refractivity contribution in [3.63, 3.8) is 0 Å². The smallest absolute Gasteiger partial charge is 0.138 e. The highest BCUT2D eigenvalue weighted by atomic mass is 35.5. The topological polar surface area (TPSA) is 53.1 Å². The first-order valence-corrected chi connectivity index (χ1v) is 7.27. The molecule has 2 aromatic rings. The van der Waals surface area contributed by atoms with Gasteiger partial charge in [0.15, 0.2) is 0 Å². The Morgan fingerprint density at radius 2 is 2.05 bits per heavy atom. The Balaban J connectivity index is 1.83. The van der Waals surface area contributed by atoms with Gasteiger partial charge in [-0.25, -0.2) is 0 Å². The summed E-state index contributed by atoms with van der Waals surface area (Å²) in [6.07, 6.45) is 5.04. The molecule has 20 heavy (non-hydrogen) atoms. The minimum Gasteiger partial charge on any atom is -0.489 e. The Morgan fingerprint density at radius 3 is 2.65 bits per heavy atom. The van der Waals surface area contributed by atoms with Crippen LogP contribution in [0.25, 0.3) is 11.3 Å². The maximum absolute atomic E-state index is 6.31. The molecule has 3 rings (SSSR count). The van der Waals surface area contributed by atoms with E-state index in [9.17, 15) is 0 Å². The minimum absolute atomic E-state index is 0.309. The molecule has 0 radical (unpaired) electrons. The lowest BCUT2D eigenvalue weighted by molar-refractivity contribution is 0.210. The molecule has 5 heteroatoms. The van der Waals surface area contributed by atoms with Crippen molar-refractivity contribution in [3.8, 4) is 17.0 Å². The van der Waals surface area contributed by atoms with Gasteiger partial charge in [-0.05, 0) is 43.9 Å². The van der Waals surface area contributed by atoms with E-state index in [0.29, 0.717) is 16.9 Å². The van der Waals surface area contributed by atoms with Gasteiger partial charge in [-0.2, -0.15) is 5.10 Å². The third kappa shape index (κ3) is 2.61. The van der Waals surface area contributed by atoms with Gasteiger partial charge in [-0.3, -0.25) is 4.68 Å². The highest BCUT2D eigenvalue weighted by molar-refractivity contribution is 6.32. The van der Waals surface area contributed by atoms with E-state index in [4.69, 9.17) is 22.1 Å². The van der Waals surface area contributed by atoms with Crippen molar-refractivity contribution in [2.45, 2.75) is 31.8 Å². The van der Waals surface area contributed by atoms with Crippen molar-refractivity contribution in [2.24, 2.45) is 7.05 Å². The van der Waals surface area contributed by atoms with Crippen molar-refractivity contribution in [1.29, 1.82) is 0 Å². The van der Waals surface area contributed by atoms with Crippen molar-refractivity contribution < 1.29 is 4.74 Å². The van der Waals surface area contributed by atoms with Gasteiger partial charge < -0.3 is 10.5 Å². The molecule has 0 saturated heterocycles. The maximum atomic E-state index is 6.31. The third-order valence-electron chi connectivity index (χ3n) is 3.74. The second-order valence-electron chi connectivity index (χ2n) is 5.25. The van der Waals surface area contributed by atoms with E-state index in [-0.39, 0.29) is 0 Å². The number of aryl methyl sites for hydroxylation is 1. The van der Waals surface area contributed by atoms with Crippen LogP contribution in [0, 0.1) is 0 Å². The summed E-state index contributed by atoms with van der Waals surface area (Å²) in [5.41, 5.74) is 7.56. The highest BCUT2D eigenvalue weighted by Crippen LogP contribution is 2.33. The standard InChI is InChI=1S/C15H18ClN3O/c1-19-15(17)9-13(18-19)10-6-7-14(12(16)8-10)20-11-4-2-3-5-11/h6-9,11H,2-5,17H2,1H3. The first kappa shape index (κ1) is 13.3. The van der Waals surface area contributed by atoms with Crippen LogP contribution in [-0.4, -0.2) is 15.9 Å². The number of benzene rings is 1. The SMILES string of the molecule is Cn1nc(-c2ccc(OC3CCCC3)c(Cl)c2)cc1N. The number of rotatable bonds is 3. The number of anilines is 1. The molecular formula is C15H18ClN3O. The third-order valence-corrected chi connectivity index (χ3v) is 4.03. The summed E-state index contributed by atoms with van der Waals surface area (Å²) in [5.74, 6) is 1.38. The van der Waals surface area contributed by atoms with Crippen LogP contribution in [0.4, 0.5) is 5.82 Å². The van der Waals surface area contributed by atoms with Crippen molar-refractivity contribution >= 4 is 17.4 Å². The van der Waals surface area contributed by atoms with Crippen LogP contribution in [0.5, 0.6) is 5.75 Å². The number of aromatic nitrogens is 2. The van der Waals surface area contributed by atoms with Crippen LogP contribution in [0.2, 0.25) is 5.02 Å². The molecule has 0 atom stereocenters. The van der Waals surface area contributed by atoms with E-state index in [1.807, 2.05) is 31.3 Å². The summed E-state index contributed by atoms with van der Waals surface area (Å²) in [5, 5.41) is 4.97. The summed E-state index contributed by atoms with van der Waals surface area (Å²) in [6.45, 7) is 0. The number of ether oxygens (including phenoxy) is 1. The molecule has 1 fully saturated rings. The van der Waals surface area contributed by atoms with Gasteiger partial charge >= 0.3 is 0 Å². The largest absolute Gasteiger partial charge is 0.489 e. The Bertz CT molecular complexity index is 598. The first-order chi connectivity index (χ1) is 9.63. The van der Waals surface area contributed by atoms with E-state index in [1.54, 1.807) is 4.68 Å². The molecular weight excluding hydrogens is 274 g/mol. The lowest BCUT2D eigenvalue weighted by atomic mass is 10.1. The Labute approximate surface area is 123 Å². The fourth-order valence-electron chi connectivity index (χ4n) is 2.56. The molecule has 1 heterocycles. The molecule has 1 aromatic carbocycles. The summed E-state index contributed by atoms with van der Waals surface area (Å²) in [4.78, 5) is 0. The molecule has 1 aromatic heterocycles. The summed E-state index contributed by atoms with van der Waals surface area (Å²) < 4.78 is 7.59. The van der Waals surface area contributed by atoms with Crippen LogP contribution in [0.3, 0.4) is 0 Å². The number of halogens is 1. The van der Waals surface area contributed by atoms with Gasteiger partial charge in [0.1, 0.15) is 11.6 Å². The van der Waals surface area contributed by atoms with Crippen LogP contribution >= 0.6 is 11.6 Å². The first-order valence-electron chi connectivity index (χ1n) is 6.89. The van der Waals surface area contributed by atoms with E-state index in [1.165, 1.54) is 12.8 Å². The molecule has 106 valence electrons. The normalized spacial score (nSPS) is 15.7. The Hall–Kier alpha value is -1.68. The number of nitrogens with zero attached hydrogens (tertiary/aromatic N) is 2. The van der Waals surface area contributed by atoms with Crippen LogP contribution in [0.15, 0.2) is 24.3 Å². The van der Waals surface area contributed by atoms with Gasteiger partial charge in [0.25, 0.3) is 0 Å². The number of nitrogen functional groups attached to an aromatic ring is 1. The van der Waals surface area contributed by atoms with E-state index in [2.05, 4.69) is 5.10 Å². The van der Waals surface area contributed by atoms with Gasteiger partial charge in [0.2, 0.25) is 0 Å². The molecule has 2 N–H and O–H groups in total. The summed E-state index contributed by atoms with van der Waals surface area (Å²) in [7, 11) is 1.82. The quantitative estimate of drug-likeness (QED) is 0.939. The van der Waals surface area contributed by atoms with Gasteiger partial charge in [0, 0.05) is 18.7 Å². The second kappa shape index (κ2) is 5.37.